The van der Waals surface area contributed by atoms with Gasteiger partial charge >= 0.3 is 0 Å². The van der Waals surface area contributed by atoms with Gasteiger partial charge in [0.1, 0.15) is 5.75 Å². The molecule has 0 aliphatic heterocycles. The average Bonchev–Trinajstić information content (AvgIpc) is 2.38. The van der Waals surface area contributed by atoms with Gasteiger partial charge in [-0.2, -0.15) is 0 Å². The molecule has 1 aromatic rings. The molecule has 3 nitrogen and oxygen atoms in total. The average molecular weight is 279 g/mol. The molecule has 0 aliphatic carbocycles. The maximum absolute atomic E-state index is 6.12. The summed E-state index contributed by atoms with van der Waals surface area (Å²) in [5, 5.41) is 0. The van der Waals surface area contributed by atoms with Gasteiger partial charge in [-0.25, -0.2) is 0 Å². The highest BCUT2D eigenvalue weighted by molar-refractivity contribution is 5.29. The van der Waals surface area contributed by atoms with Gasteiger partial charge in [-0.3, -0.25) is 0 Å². The fourth-order valence-electron chi connectivity index (χ4n) is 1.97. The molecule has 0 bridgehead atoms. The third kappa shape index (κ3) is 6.92. The Balaban J connectivity index is 2.30. The molecule has 0 aromatic heterocycles. The van der Waals surface area contributed by atoms with Crippen molar-refractivity contribution in [2.45, 2.75) is 52.7 Å². The fraction of sp³-hybridized carbons (Fsp3) is 0.647. The number of hydrogen-bond acceptors (Lipinski definition) is 3. The molecule has 0 spiro atoms. The van der Waals surface area contributed by atoms with E-state index in [0.29, 0.717) is 6.61 Å². The van der Waals surface area contributed by atoms with Crippen molar-refractivity contribution >= 4 is 0 Å². The minimum atomic E-state index is -0.0675. The predicted octanol–water partition coefficient (Wildman–Crippen LogP) is 3.93. The summed E-state index contributed by atoms with van der Waals surface area (Å²) in [6.07, 6.45) is 2.50. The van der Waals surface area contributed by atoms with E-state index < -0.39 is 0 Å². The van der Waals surface area contributed by atoms with E-state index in [0.717, 1.165) is 30.3 Å². The lowest BCUT2D eigenvalue weighted by molar-refractivity contribution is 0.115. The van der Waals surface area contributed by atoms with Crippen molar-refractivity contribution in [2.24, 2.45) is 11.7 Å². The van der Waals surface area contributed by atoms with Crippen LogP contribution in [0.25, 0.3) is 0 Å². The zero-order valence-corrected chi connectivity index (χ0v) is 13.3. The van der Waals surface area contributed by atoms with Crippen LogP contribution in [0, 0.1) is 5.92 Å². The number of rotatable bonds is 9. The van der Waals surface area contributed by atoms with E-state index in [1.807, 2.05) is 38.1 Å². The monoisotopic (exact) mass is 279 g/mol. The van der Waals surface area contributed by atoms with Crippen LogP contribution in [-0.2, 0) is 4.74 Å². The van der Waals surface area contributed by atoms with Gasteiger partial charge in [-0.05, 0) is 50.3 Å². The fourth-order valence-corrected chi connectivity index (χ4v) is 1.97. The first-order valence-electron chi connectivity index (χ1n) is 7.59. The van der Waals surface area contributed by atoms with E-state index >= 15 is 0 Å². The van der Waals surface area contributed by atoms with Crippen molar-refractivity contribution in [1.82, 2.24) is 0 Å². The second-order valence-electron chi connectivity index (χ2n) is 5.95. The Hall–Kier alpha value is -1.06. The molecule has 1 atom stereocenters. The van der Waals surface area contributed by atoms with Gasteiger partial charge in [0, 0.05) is 6.61 Å². The number of ether oxygens (including phenoxy) is 2. The van der Waals surface area contributed by atoms with Crippen LogP contribution in [0.5, 0.6) is 5.75 Å². The second-order valence-corrected chi connectivity index (χ2v) is 5.95. The minimum Gasteiger partial charge on any atom is -0.491 e. The summed E-state index contributed by atoms with van der Waals surface area (Å²) in [7, 11) is 0. The Morgan fingerprint density at radius 1 is 1.05 bits per heavy atom. The highest BCUT2D eigenvalue weighted by Gasteiger charge is 2.07. The third-order valence-corrected chi connectivity index (χ3v) is 3.05. The Labute approximate surface area is 123 Å². The van der Waals surface area contributed by atoms with Crippen molar-refractivity contribution in [3.63, 3.8) is 0 Å². The Bertz CT molecular complexity index is 360. The summed E-state index contributed by atoms with van der Waals surface area (Å²) in [5.41, 5.74) is 7.21. The van der Waals surface area contributed by atoms with E-state index in [1.54, 1.807) is 0 Å². The van der Waals surface area contributed by atoms with Gasteiger partial charge in [0.15, 0.2) is 0 Å². The molecule has 0 saturated heterocycles. The largest absolute Gasteiger partial charge is 0.491 e. The highest BCUT2D eigenvalue weighted by atomic mass is 16.5. The standard InChI is InChI=1S/C17H29NO2/c1-13(2)6-5-11-19-12-17(18)15-7-9-16(10-8-15)20-14(3)4/h7-10,13-14,17H,5-6,11-12,18H2,1-4H3. The molecular formula is C17H29NO2. The van der Waals surface area contributed by atoms with Gasteiger partial charge in [0.2, 0.25) is 0 Å². The lowest BCUT2D eigenvalue weighted by Gasteiger charge is -2.14. The quantitative estimate of drug-likeness (QED) is 0.697. The molecule has 0 saturated carbocycles. The molecule has 0 heterocycles. The number of hydrogen-bond donors (Lipinski definition) is 1. The minimum absolute atomic E-state index is 0.0675. The Kier molecular flexibility index (Phi) is 7.63. The van der Waals surface area contributed by atoms with Crippen LogP contribution < -0.4 is 10.5 Å². The van der Waals surface area contributed by atoms with Crippen molar-refractivity contribution in [3.05, 3.63) is 29.8 Å². The first-order valence-corrected chi connectivity index (χ1v) is 7.59. The first kappa shape index (κ1) is 17.0. The van der Waals surface area contributed by atoms with E-state index in [9.17, 15) is 0 Å². The highest BCUT2D eigenvalue weighted by Crippen LogP contribution is 2.18. The first-order chi connectivity index (χ1) is 9.49. The summed E-state index contributed by atoms with van der Waals surface area (Å²) in [5.74, 6) is 1.62. The predicted molar refractivity (Wildman–Crippen MR) is 84.0 cm³/mol. The van der Waals surface area contributed by atoms with Gasteiger partial charge in [0.05, 0.1) is 18.8 Å². The Morgan fingerprint density at radius 3 is 2.25 bits per heavy atom. The third-order valence-electron chi connectivity index (χ3n) is 3.05. The summed E-state index contributed by atoms with van der Waals surface area (Å²) in [4.78, 5) is 0. The summed E-state index contributed by atoms with van der Waals surface area (Å²) >= 11 is 0. The topological polar surface area (TPSA) is 44.5 Å². The Morgan fingerprint density at radius 2 is 1.70 bits per heavy atom. The molecule has 0 fully saturated rings. The van der Waals surface area contributed by atoms with Crippen LogP contribution in [-0.4, -0.2) is 19.3 Å². The van der Waals surface area contributed by atoms with E-state index in [1.165, 1.54) is 6.42 Å². The van der Waals surface area contributed by atoms with E-state index in [4.69, 9.17) is 15.2 Å². The normalized spacial score (nSPS) is 12.9. The molecule has 3 heteroatoms. The van der Waals surface area contributed by atoms with Gasteiger partial charge in [-0.1, -0.05) is 26.0 Å². The van der Waals surface area contributed by atoms with Gasteiger partial charge < -0.3 is 15.2 Å². The van der Waals surface area contributed by atoms with Crippen LogP contribution in [0.15, 0.2) is 24.3 Å². The zero-order chi connectivity index (χ0) is 15.0. The molecule has 2 N–H and O–H groups in total. The van der Waals surface area contributed by atoms with Crippen molar-refractivity contribution in [1.29, 1.82) is 0 Å². The molecule has 20 heavy (non-hydrogen) atoms. The summed E-state index contributed by atoms with van der Waals surface area (Å²) in [6.45, 7) is 9.86. The van der Waals surface area contributed by atoms with Crippen LogP contribution in [0.3, 0.4) is 0 Å². The number of nitrogens with two attached hydrogens (primary N) is 1. The summed E-state index contributed by atoms with van der Waals surface area (Å²) < 4.78 is 11.3. The molecular weight excluding hydrogens is 250 g/mol. The smallest absolute Gasteiger partial charge is 0.119 e. The van der Waals surface area contributed by atoms with Crippen molar-refractivity contribution in [2.75, 3.05) is 13.2 Å². The maximum atomic E-state index is 6.12. The molecule has 114 valence electrons. The lowest BCUT2D eigenvalue weighted by Crippen LogP contribution is -2.17. The number of benzene rings is 1. The van der Waals surface area contributed by atoms with E-state index in [2.05, 4.69) is 13.8 Å². The van der Waals surface area contributed by atoms with Crippen LogP contribution in [0.4, 0.5) is 0 Å². The van der Waals surface area contributed by atoms with Gasteiger partial charge in [0.25, 0.3) is 0 Å². The van der Waals surface area contributed by atoms with Crippen molar-refractivity contribution < 1.29 is 9.47 Å². The van der Waals surface area contributed by atoms with E-state index in [-0.39, 0.29) is 12.1 Å². The second kappa shape index (κ2) is 8.98. The molecule has 1 unspecified atom stereocenters. The van der Waals surface area contributed by atoms with Crippen molar-refractivity contribution in [3.8, 4) is 5.75 Å². The summed E-state index contributed by atoms with van der Waals surface area (Å²) in [6, 6.07) is 7.89. The van der Waals surface area contributed by atoms with Gasteiger partial charge in [-0.15, -0.1) is 0 Å². The lowest BCUT2D eigenvalue weighted by atomic mass is 10.1. The molecule has 0 radical (unpaired) electrons. The molecule has 0 amide bonds. The molecule has 1 rings (SSSR count). The SMILES string of the molecule is CC(C)CCCOCC(N)c1ccc(OC(C)C)cc1. The zero-order valence-electron chi connectivity index (χ0n) is 13.3. The van der Waals surface area contributed by atoms with Crippen LogP contribution in [0.1, 0.15) is 52.1 Å². The molecule has 1 aromatic carbocycles. The van der Waals surface area contributed by atoms with Crippen LogP contribution >= 0.6 is 0 Å². The molecule has 0 aliphatic rings. The maximum Gasteiger partial charge on any atom is 0.119 e. The van der Waals surface area contributed by atoms with Crippen LogP contribution in [0.2, 0.25) is 0 Å².